The van der Waals surface area contributed by atoms with E-state index >= 15 is 0 Å². The smallest absolute Gasteiger partial charge is 0.309 e. The van der Waals surface area contributed by atoms with Gasteiger partial charge in [0.05, 0.1) is 11.3 Å². The van der Waals surface area contributed by atoms with E-state index in [0.717, 1.165) is 42.4 Å². The summed E-state index contributed by atoms with van der Waals surface area (Å²) in [5, 5.41) is 12.6. The largest absolute Gasteiger partial charge is 0.481 e. The molecule has 1 amide bonds. The van der Waals surface area contributed by atoms with Gasteiger partial charge in [-0.05, 0) is 66.8 Å². The van der Waals surface area contributed by atoms with E-state index in [1.807, 2.05) is 48.5 Å². The van der Waals surface area contributed by atoms with Gasteiger partial charge in [0.1, 0.15) is 6.61 Å². The van der Waals surface area contributed by atoms with Crippen molar-refractivity contribution in [3.63, 3.8) is 0 Å². The lowest BCUT2D eigenvalue weighted by atomic mass is 9.83. The van der Waals surface area contributed by atoms with Crippen molar-refractivity contribution in [2.75, 3.05) is 5.32 Å². The van der Waals surface area contributed by atoms with E-state index in [4.69, 9.17) is 4.74 Å². The minimum absolute atomic E-state index is 0.0360. The zero-order valence-corrected chi connectivity index (χ0v) is 19.0. The van der Waals surface area contributed by atoms with Gasteiger partial charge in [-0.25, -0.2) is 0 Å². The molecule has 174 valence electrons. The van der Waals surface area contributed by atoms with Crippen LogP contribution in [0.5, 0.6) is 0 Å². The second-order valence-corrected chi connectivity index (χ2v) is 9.50. The number of benzene rings is 2. The Hall–Kier alpha value is -3.15. The van der Waals surface area contributed by atoms with Gasteiger partial charge < -0.3 is 15.2 Å². The Morgan fingerprint density at radius 2 is 1.76 bits per heavy atom. The summed E-state index contributed by atoms with van der Waals surface area (Å²) in [6.45, 7) is 1.61. The summed E-state index contributed by atoms with van der Waals surface area (Å²) in [6, 6.07) is 15.3. The average molecular weight is 450 g/mol. The maximum atomic E-state index is 13.4. The van der Waals surface area contributed by atoms with Gasteiger partial charge in [0.15, 0.2) is 0 Å². The third kappa shape index (κ3) is 5.62. The molecule has 2 aliphatic carbocycles. The van der Waals surface area contributed by atoms with Crippen LogP contribution in [-0.4, -0.2) is 23.0 Å². The number of carboxylic acid groups (broad SMARTS) is 1. The van der Waals surface area contributed by atoms with E-state index in [0.29, 0.717) is 24.9 Å². The standard InChI is InChI=1S/C27H31NO5/c1-18(29)33-17-19-9-11-22(12-10-19)24(21-6-2-3-7-21)25(30)28-23-8-4-5-20(15-23)16-27(13-14-27)26(31)32/h4-5,8-12,15,21,24H,2-3,6-7,13-14,16-17H2,1H3,(H,28,30)(H,31,32). The average Bonchev–Trinajstić information content (AvgIpc) is 3.37. The highest BCUT2D eigenvalue weighted by molar-refractivity contribution is 5.96. The van der Waals surface area contributed by atoms with Crippen molar-refractivity contribution in [2.24, 2.45) is 11.3 Å². The Labute approximate surface area is 194 Å². The van der Waals surface area contributed by atoms with E-state index in [-0.39, 0.29) is 30.3 Å². The summed E-state index contributed by atoms with van der Waals surface area (Å²) in [6.07, 6.45) is 6.20. The number of esters is 1. The summed E-state index contributed by atoms with van der Waals surface area (Å²) >= 11 is 0. The third-order valence-electron chi connectivity index (χ3n) is 6.98. The number of carbonyl (C=O) groups excluding carboxylic acids is 2. The normalized spacial score (nSPS) is 17.8. The van der Waals surface area contributed by atoms with Gasteiger partial charge in [0, 0.05) is 12.6 Å². The van der Waals surface area contributed by atoms with E-state index < -0.39 is 11.4 Å². The monoisotopic (exact) mass is 449 g/mol. The fraction of sp³-hybridized carbons (Fsp3) is 0.444. The molecule has 1 atom stereocenters. The van der Waals surface area contributed by atoms with Crippen LogP contribution in [0, 0.1) is 11.3 Å². The first-order chi connectivity index (χ1) is 15.9. The van der Waals surface area contributed by atoms with Crippen molar-refractivity contribution < 1.29 is 24.2 Å². The first-order valence-electron chi connectivity index (χ1n) is 11.7. The molecule has 2 aromatic carbocycles. The summed E-state index contributed by atoms with van der Waals surface area (Å²) in [5.41, 5.74) is 2.85. The van der Waals surface area contributed by atoms with Crippen molar-refractivity contribution in [3.8, 4) is 0 Å². The molecule has 0 radical (unpaired) electrons. The van der Waals surface area contributed by atoms with Crippen LogP contribution < -0.4 is 5.32 Å². The molecule has 0 aliphatic heterocycles. The molecule has 1 unspecified atom stereocenters. The van der Waals surface area contributed by atoms with Crippen LogP contribution in [0.4, 0.5) is 5.69 Å². The van der Waals surface area contributed by atoms with E-state index in [1.54, 1.807) is 0 Å². The number of hydrogen-bond acceptors (Lipinski definition) is 4. The fourth-order valence-corrected chi connectivity index (χ4v) is 4.92. The molecule has 0 heterocycles. The number of carbonyl (C=O) groups is 3. The van der Waals surface area contributed by atoms with Crippen LogP contribution in [0.1, 0.15) is 68.1 Å². The van der Waals surface area contributed by atoms with Crippen LogP contribution in [0.25, 0.3) is 0 Å². The van der Waals surface area contributed by atoms with Crippen molar-refractivity contribution >= 4 is 23.5 Å². The first-order valence-corrected chi connectivity index (χ1v) is 11.7. The maximum absolute atomic E-state index is 13.4. The second-order valence-electron chi connectivity index (χ2n) is 9.50. The van der Waals surface area contributed by atoms with Crippen LogP contribution in [0.3, 0.4) is 0 Å². The molecular formula is C27H31NO5. The highest BCUT2D eigenvalue weighted by atomic mass is 16.5. The third-order valence-corrected chi connectivity index (χ3v) is 6.98. The Morgan fingerprint density at radius 3 is 2.36 bits per heavy atom. The number of nitrogens with one attached hydrogen (secondary N) is 1. The van der Waals surface area contributed by atoms with Crippen molar-refractivity contribution in [1.29, 1.82) is 0 Å². The number of aliphatic carboxylic acids is 1. The molecule has 4 rings (SSSR count). The molecule has 6 heteroatoms. The lowest BCUT2D eigenvalue weighted by molar-refractivity contribution is -0.143. The maximum Gasteiger partial charge on any atom is 0.309 e. The second kappa shape index (κ2) is 9.77. The minimum Gasteiger partial charge on any atom is -0.481 e. The molecule has 0 spiro atoms. The molecule has 2 fully saturated rings. The molecule has 0 bridgehead atoms. The van der Waals surface area contributed by atoms with Gasteiger partial charge in [-0.2, -0.15) is 0 Å². The van der Waals surface area contributed by atoms with Gasteiger partial charge in [-0.15, -0.1) is 0 Å². The van der Waals surface area contributed by atoms with Gasteiger partial charge in [0.2, 0.25) is 5.91 Å². The summed E-state index contributed by atoms with van der Waals surface area (Å²) in [7, 11) is 0. The molecule has 2 aliphatic rings. The molecule has 0 saturated heterocycles. The fourth-order valence-electron chi connectivity index (χ4n) is 4.92. The Kier molecular flexibility index (Phi) is 6.82. The lowest BCUT2D eigenvalue weighted by Gasteiger charge is -2.24. The van der Waals surface area contributed by atoms with E-state index in [9.17, 15) is 19.5 Å². The van der Waals surface area contributed by atoms with Crippen LogP contribution in [-0.2, 0) is 32.1 Å². The highest BCUT2D eigenvalue weighted by Gasteiger charge is 2.49. The van der Waals surface area contributed by atoms with Crippen molar-refractivity contribution in [1.82, 2.24) is 0 Å². The number of carboxylic acids is 1. The Morgan fingerprint density at radius 1 is 1.06 bits per heavy atom. The van der Waals surface area contributed by atoms with Crippen molar-refractivity contribution in [3.05, 3.63) is 65.2 Å². The van der Waals surface area contributed by atoms with Gasteiger partial charge >= 0.3 is 11.9 Å². The molecule has 2 aromatic rings. The molecule has 6 nitrogen and oxygen atoms in total. The SMILES string of the molecule is CC(=O)OCc1ccc(C(C(=O)Nc2cccc(CC3(C(=O)O)CC3)c2)C2CCCC2)cc1. The van der Waals surface area contributed by atoms with E-state index in [2.05, 4.69) is 5.32 Å². The van der Waals surface area contributed by atoms with Crippen LogP contribution in [0.2, 0.25) is 0 Å². The number of rotatable bonds is 9. The zero-order chi connectivity index (χ0) is 23.4. The number of amides is 1. The summed E-state index contributed by atoms with van der Waals surface area (Å²) in [4.78, 5) is 36.1. The zero-order valence-electron chi connectivity index (χ0n) is 19.0. The summed E-state index contributed by atoms with van der Waals surface area (Å²) in [5.74, 6) is -1.07. The number of anilines is 1. The molecule has 33 heavy (non-hydrogen) atoms. The van der Waals surface area contributed by atoms with Crippen LogP contribution in [0.15, 0.2) is 48.5 Å². The topological polar surface area (TPSA) is 92.7 Å². The summed E-state index contributed by atoms with van der Waals surface area (Å²) < 4.78 is 5.06. The first kappa shape index (κ1) is 23.0. The van der Waals surface area contributed by atoms with Gasteiger partial charge in [0.25, 0.3) is 0 Å². The van der Waals surface area contributed by atoms with Crippen molar-refractivity contribution in [2.45, 2.75) is 64.4 Å². The highest BCUT2D eigenvalue weighted by Crippen LogP contribution is 2.48. The van der Waals surface area contributed by atoms with E-state index in [1.165, 1.54) is 6.92 Å². The molecule has 2 N–H and O–H groups in total. The molecular weight excluding hydrogens is 418 g/mol. The Balaban J connectivity index is 1.49. The predicted molar refractivity (Wildman–Crippen MR) is 125 cm³/mol. The lowest BCUT2D eigenvalue weighted by Crippen LogP contribution is -2.26. The molecule has 0 aromatic heterocycles. The minimum atomic E-state index is -0.740. The molecule has 2 saturated carbocycles. The quantitative estimate of drug-likeness (QED) is 0.522. The van der Waals surface area contributed by atoms with Crippen LogP contribution >= 0.6 is 0 Å². The van der Waals surface area contributed by atoms with Gasteiger partial charge in [-0.1, -0.05) is 49.2 Å². The van der Waals surface area contributed by atoms with Gasteiger partial charge in [-0.3, -0.25) is 14.4 Å². The number of hydrogen-bond donors (Lipinski definition) is 2. The Bertz CT molecular complexity index is 1020. The number of ether oxygens (including phenoxy) is 1. The predicted octanol–water partition coefficient (Wildman–Crippen LogP) is 5.07.